The highest BCUT2D eigenvalue weighted by molar-refractivity contribution is 5.07. The summed E-state index contributed by atoms with van der Waals surface area (Å²) in [6.45, 7) is 6.97. The van der Waals surface area contributed by atoms with Gasteiger partial charge in [-0.25, -0.2) is 0 Å². The van der Waals surface area contributed by atoms with Crippen LogP contribution in [0.25, 0.3) is 0 Å². The van der Waals surface area contributed by atoms with Crippen molar-refractivity contribution in [3.8, 4) is 0 Å². The Kier molecular flexibility index (Phi) is 2.18. The van der Waals surface area contributed by atoms with E-state index in [1.807, 2.05) is 0 Å². The molecule has 0 aromatic carbocycles. The summed E-state index contributed by atoms with van der Waals surface area (Å²) < 4.78 is 0. The van der Waals surface area contributed by atoms with Gasteiger partial charge in [0.15, 0.2) is 0 Å². The molecule has 0 aromatic rings. The van der Waals surface area contributed by atoms with Crippen LogP contribution in [0.1, 0.15) is 46.5 Å². The number of hydrogen-bond donors (Lipinski definition) is 0. The largest absolute Gasteiger partial charge is 0.0848 e. The van der Waals surface area contributed by atoms with Gasteiger partial charge in [-0.15, -0.1) is 0 Å². The standard InChI is InChI=1S/C10H18/c1-4-9-5-7-10(2,3)8-6-9/h5H,4,6-8H2,1-3H3. The fourth-order valence-corrected chi connectivity index (χ4v) is 1.44. The monoisotopic (exact) mass is 138 g/mol. The molecular formula is C10H18. The van der Waals surface area contributed by atoms with Crippen LogP contribution in [-0.4, -0.2) is 0 Å². The van der Waals surface area contributed by atoms with Crippen LogP contribution in [0.4, 0.5) is 0 Å². The molecule has 0 atom stereocenters. The minimum atomic E-state index is 0.582. The van der Waals surface area contributed by atoms with Gasteiger partial charge in [-0.3, -0.25) is 0 Å². The summed E-state index contributed by atoms with van der Waals surface area (Å²) in [5.74, 6) is 0. The van der Waals surface area contributed by atoms with Gasteiger partial charge in [-0.05, 0) is 31.1 Å². The lowest BCUT2D eigenvalue weighted by Gasteiger charge is -2.28. The molecule has 0 unspecified atom stereocenters. The van der Waals surface area contributed by atoms with Crippen molar-refractivity contribution in [3.05, 3.63) is 11.6 Å². The van der Waals surface area contributed by atoms with E-state index in [1.54, 1.807) is 5.57 Å². The Hall–Kier alpha value is -0.260. The normalized spacial score (nSPS) is 24.1. The molecule has 1 aliphatic carbocycles. The van der Waals surface area contributed by atoms with Crippen molar-refractivity contribution in [1.29, 1.82) is 0 Å². The molecule has 0 saturated carbocycles. The van der Waals surface area contributed by atoms with E-state index in [4.69, 9.17) is 0 Å². The molecule has 0 spiro atoms. The van der Waals surface area contributed by atoms with Crippen molar-refractivity contribution < 1.29 is 0 Å². The van der Waals surface area contributed by atoms with Crippen LogP contribution in [0, 0.1) is 5.41 Å². The van der Waals surface area contributed by atoms with Gasteiger partial charge >= 0.3 is 0 Å². The van der Waals surface area contributed by atoms with Crippen molar-refractivity contribution >= 4 is 0 Å². The maximum atomic E-state index is 2.43. The second kappa shape index (κ2) is 2.77. The molecule has 0 saturated heterocycles. The molecule has 0 heterocycles. The highest BCUT2D eigenvalue weighted by atomic mass is 14.3. The van der Waals surface area contributed by atoms with Gasteiger partial charge in [0.25, 0.3) is 0 Å². The number of rotatable bonds is 1. The van der Waals surface area contributed by atoms with E-state index in [0.717, 1.165) is 0 Å². The summed E-state index contributed by atoms with van der Waals surface area (Å²) in [7, 11) is 0. The molecule has 1 rings (SSSR count). The third-order valence-corrected chi connectivity index (χ3v) is 2.52. The molecular weight excluding hydrogens is 120 g/mol. The lowest BCUT2D eigenvalue weighted by molar-refractivity contribution is 0.322. The molecule has 10 heavy (non-hydrogen) atoms. The predicted molar refractivity (Wildman–Crippen MR) is 46.0 cm³/mol. The molecule has 0 aliphatic heterocycles. The van der Waals surface area contributed by atoms with Crippen molar-refractivity contribution in [2.45, 2.75) is 46.5 Å². The number of allylic oxidation sites excluding steroid dienone is 2. The van der Waals surface area contributed by atoms with Crippen LogP contribution in [0.2, 0.25) is 0 Å². The van der Waals surface area contributed by atoms with Crippen molar-refractivity contribution in [3.63, 3.8) is 0 Å². The van der Waals surface area contributed by atoms with Crippen molar-refractivity contribution in [1.82, 2.24) is 0 Å². The molecule has 0 bridgehead atoms. The molecule has 58 valence electrons. The van der Waals surface area contributed by atoms with Crippen molar-refractivity contribution in [2.24, 2.45) is 5.41 Å². The topological polar surface area (TPSA) is 0 Å². The highest BCUT2D eigenvalue weighted by Gasteiger charge is 2.20. The van der Waals surface area contributed by atoms with Gasteiger partial charge in [0, 0.05) is 0 Å². The average molecular weight is 138 g/mol. The quantitative estimate of drug-likeness (QED) is 0.486. The Morgan fingerprint density at radius 2 is 2.20 bits per heavy atom. The fourth-order valence-electron chi connectivity index (χ4n) is 1.44. The first kappa shape index (κ1) is 7.84. The third-order valence-electron chi connectivity index (χ3n) is 2.52. The Labute approximate surface area is 64.3 Å². The Morgan fingerprint density at radius 3 is 2.60 bits per heavy atom. The summed E-state index contributed by atoms with van der Waals surface area (Å²) in [6, 6.07) is 0. The Morgan fingerprint density at radius 1 is 1.50 bits per heavy atom. The lowest BCUT2D eigenvalue weighted by atomic mass is 9.78. The lowest BCUT2D eigenvalue weighted by Crippen LogP contribution is -2.14. The second-order valence-corrected chi connectivity index (χ2v) is 4.08. The van der Waals surface area contributed by atoms with Crippen LogP contribution >= 0.6 is 0 Å². The van der Waals surface area contributed by atoms with E-state index in [1.165, 1.54) is 25.7 Å². The van der Waals surface area contributed by atoms with Gasteiger partial charge < -0.3 is 0 Å². The van der Waals surface area contributed by atoms with E-state index in [2.05, 4.69) is 26.8 Å². The zero-order valence-corrected chi connectivity index (χ0v) is 7.41. The highest BCUT2D eigenvalue weighted by Crippen LogP contribution is 2.34. The minimum Gasteiger partial charge on any atom is -0.0848 e. The zero-order chi connectivity index (χ0) is 7.61. The SMILES string of the molecule is CCC1=CCC(C)(C)CC1. The molecule has 0 amide bonds. The van der Waals surface area contributed by atoms with Crippen molar-refractivity contribution in [2.75, 3.05) is 0 Å². The van der Waals surface area contributed by atoms with Crippen LogP contribution in [0.3, 0.4) is 0 Å². The first-order valence-corrected chi connectivity index (χ1v) is 4.32. The molecule has 0 fully saturated rings. The summed E-state index contributed by atoms with van der Waals surface area (Å²) in [4.78, 5) is 0. The van der Waals surface area contributed by atoms with E-state index in [0.29, 0.717) is 5.41 Å². The molecule has 0 radical (unpaired) electrons. The third kappa shape index (κ3) is 1.86. The van der Waals surface area contributed by atoms with Gasteiger partial charge in [-0.1, -0.05) is 32.4 Å². The maximum absolute atomic E-state index is 2.43. The van der Waals surface area contributed by atoms with E-state index >= 15 is 0 Å². The molecule has 0 N–H and O–H groups in total. The average Bonchev–Trinajstić information content (AvgIpc) is 1.88. The van der Waals surface area contributed by atoms with Gasteiger partial charge in [0.2, 0.25) is 0 Å². The first-order valence-electron chi connectivity index (χ1n) is 4.32. The van der Waals surface area contributed by atoms with E-state index in [9.17, 15) is 0 Å². The van der Waals surface area contributed by atoms with E-state index in [-0.39, 0.29) is 0 Å². The molecule has 0 aromatic heterocycles. The summed E-state index contributed by atoms with van der Waals surface area (Å²) in [5.41, 5.74) is 2.25. The first-order chi connectivity index (χ1) is 4.64. The maximum Gasteiger partial charge on any atom is -0.0296 e. The van der Waals surface area contributed by atoms with Gasteiger partial charge in [0.1, 0.15) is 0 Å². The molecule has 0 nitrogen and oxygen atoms in total. The van der Waals surface area contributed by atoms with Crippen LogP contribution in [0.15, 0.2) is 11.6 Å². The summed E-state index contributed by atoms with van der Waals surface area (Å²) in [6.07, 6.45) is 7.70. The smallest absolute Gasteiger partial charge is 0.0296 e. The molecule has 0 heteroatoms. The van der Waals surface area contributed by atoms with Gasteiger partial charge in [0.05, 0.1) is 0 Å². The zero-order valence-electron chi connectivity index (χ0n) is 7.41. The van der Waals surface area contributed by atoms with Crippen LogP contribution in [-0.2, 0) is 0 Å². The van der Waals surface area contributed by atoms with E-state index < -0.39 is 0 Å². The van der Waals surface area contributed by atoms with Crippen LogP contribution in [0.5, 0.6) is 0 Å². The summed E-state index contributed by atoms with van der Waals surface area (Å²) in [5, 5.41) is 0. The summed E-state index contributed by atoms with van der Waals surface area (Å²) >= 11 is 0. The number of hydrogen-bond acceptors (Lipinski definition) is 0. The Bertz CT molecular complexity index is 140. The fraction of sp³-hybridized carbons (Fsp3) is 0.800. The van der Waals surface area contributed by atoms with Gasteiger partial charge in [-0.2, -0.15) is 0 Å². The molecule has 1 aliphatic rings. The predicted octanol–water partition coefficient (Wildman–Crippen LogP) is 3.53. The minimum absolute atomic E-state index is 0.582. The Balaban J connectivity index is 2.52. The van der Waals surface area contributed by atoms with Crippen LogP contribution < -0.4 is 0 Å². The second-order valence-electron chi connectivity index (χ2n) is 4.08.